The first-order valence-electron chi connectivity index (χ1n) is 5.05. The first kappa shape index (κ1) is 11.8. The number of hydrogen-bond acceptors (Lipinski definition) is 6. The van der Waals surface area contributed by atoms with Crippen molar-refractivity contribution in [3.8, 4) is 11.4 Å². The zero-order valence-corrected chi connectivity index (χ0v) is 9.82. The molecule has 2 N–H and O–H groups in total. The highest BCUT2D eigenvalue weighted by Crippen LogP contribution is 2.28. The Morgan fingerprint density at radius 1 is 1.50 bits per heavy atom. The van der Waals surface area contributed by atoms with E-state index in [4.69, 9.17) is 10.5 Å². The van der Waals surface area contributed by atoms with E-state index in [1.807, 2.05) is 0 Å². The number of nitrogens with two attached hydrogens (primary N) is 1. The molecule has 94 valence electrons. The summed E-state index contributed by atoms with van der Waals surface area (Å²) >= 11 is 0. The average Bonchev–Trinajstić information content (AvgIpc) is 2.69. The molecule has 0 atom stereocenters. The molecule has 18 heavy (non-hydrogen) atoms. The van der Waals surface area contributed by atoms with Gasteiger partial charge in [-0.1, -0.05) is 5.21 Å². The van der Waals surface area contributed by atoms with E-state index in [-0.39, 0.29) is 11.5 Å². The number of methoxy groups -OCH3 is 1. The number of rotatable bonds is 3. The van der Waals surface area contributed by atoms with E-state index in [1.165, 1.54) is 23.9 Å². The fourth-order valence-electron chi connectivity index (χ4n) is 1.53. The van der Waals surface area contributed by atoms with Crippen LogP contribution in [0, 0.1) is 17.0 Å². The van der Waals surface area contributed by atoms with Gasteiger partial charge in [0, 0.05) is 0 Å². The Balaban J connectivity index is 2.64. The number of nitrogen functional groups attached to an aromatic ring is 1. The summed E-state index contributed by atoms with van der Waals surface area (Å²) in [6.07, 6.45) is 0. The lowest BCUT2D eigenvalue weighted by atomic mass is 10.2. The predicted molar refractivity (Wildman–Crippen MR) is 63.7 cm³/mol. The van der Waals surface area contributed by atoms with Crippen LogP contribution in [0.2, 0.25) is 0 Å². The van der Waals surface area contributed by atoms with Gasteiger partial charge in [-0.25, -0.2) is 4.68 Å². The number of nitrogens with zero attached hydrogens (tertiary/aromatic N) is 4. The number of anilines is 1. The third-order valence-corrected chi connectivity index (χ3v) is 2.54. The lowest BCUT2D eigenvalue weighted by molar-refractivity contribution is -0.384. The zero-order chi connectivity index (χ0) is 13.3. The van der Waals surface area contributed by atoms with Gasteiger partial charge >= 0.3 is 0 Å². The van der Waals surface area contributed by atoms with Gasteiger partial charge in [0.1, 0.15) is 11.4 Å². The second-order valence-electron chi connectivity index (χ2n) is 3.58. The highest BCUT2D eigenvalue weighted by atomic mass is 16.6. The van der Waals surface area contributed by atoms with Gasteiger partial charge in [-0.05, 0) is 19.1 Å². The second kappa shape index (κ2) is 4.32. The van der Waals surface area contributed by atoms with Crippen molar-refractivity contribution >= 4 is 11.5 Å². The fraction of sp³-hybridized carbons (Fsp3) is 0.200. The van der Waals surface area contributed by atoms with Crippen LogP contribution in [0.15, 0.2) is 18.2 Å². The molecule has 8 heteroatoms. The quantitative estimate of drug-likeness (QED) is 0.643. The minimum absolute atomic E-state index is 0.123. The summed E-state index contributed by atoms with van der Waals surface area (Å²) in [4.78, 5) is 10.5. The number of nitro groups is 1. The molecule has 0 spiro atoms. The number of nitro benzene ring substituents is 1. The van der Waals surface area contributed by atoms with Gasteiger partial charge in [-0.15, -0.1) is 5.10 Å². The highest BCUT2D eigenvalue weighted by Gasteiger charge is 2.19. The molecule has 0 aliphatic carbocycles. The molecule has 0 fully saturated rings. The Labute approximate surface area is 102 Å². The Kier molecular flexibility index (Phi) is 2.84. The van der Waals surface area contributed by atoms with Crippen LogP contribution in [0.5, 0.6) is 5.75 Å². The lowest BCUT2D eigenvalue weighted by Crippen LogP contribution is -2.04. The van der Waals surface area contributed by atoms with E-state index in [0.29, 0.717) is 17.1 Å². The number of benzene rings is 1. The minimum atomic E-state index is -0.505. The maximum atomic E-state index is 11.0. The van der Waals surface area contributed by atoms with Gasteiger partial charge < -0.3 is 10.5 Å². The van der Waals surface area contributed by atoms with Gasteiger partial charge in [-0.2, -0.15) is 0 Å². The SMILES string of the molecule is COc1ccc(-n2nnc(N)c2C)c([N+](=O)[O-])c1. The Hall–Kier alpha value is -2.64. The van der Waals surface area contributed by atoms with Gasteiger partial charge in [0.05, 0.1) is 23.8 Å². The molecular formula is C10H11N5O3. The van der Waals surface area contributed by atoms with Crippen LogP contribution in [0.3, 0.4) is 0 Å². The molecule has 0 saturated heterocycles. The van der Waals surface area contributed by atoms with Crippen LogP contribution in [0.25, 0.3) is 5.69 Å². The Bertz CT molecular complexity index is 608. The smallest absolute Gasteiger partial charge is 0.298 e. The Morgan fingerprint density at radius 3 is 2.72 bits per heavy atom. The molecule has 0 aliphatic heterocycles. The first-order valence-corrected chi connectivity index (χ1v) is 5.05. The molecule has 2 rings (SSSR count). The van der Waals surface area contributed by atoms with E-state index in [1.54, 1.807) is 13.0 Å². The van der Waals surface area contributed by atoms with E-state index >= 15 is 0 Å². The van der Waals surface area contributed by atoms with Crippen molar-refractivity contribution in [1.82, 2.24) is 15.0 Å². The second-order valence-corrected chi connectivity index (χ2v) is 3.58. The summed E-state index contributed by atoms with van der Waals surface area (Å²) in [5, 5.41) is 18.5. The standard InChI is InChI=1S/C10H11N5O3/c1-6-10(11)12-13-14(6)8-4-3-7(18-2)5-9(8)15(16)17/h3-5H,11H2,1-2H3. The molecule has 1 aromatic heterocycles. The molecule has 2 aromatic rings. The molecule has 0 saturated carbocycles. The van der Waals surface area contributed by atoms with Crippen molar-refractivity contribution in [1.29, 1.82) is 0 Å². The van der Waals surface area contributed by atoms with Gasteiger partial charge in [0.25, 0.3) is 5.69 Å². The zero-order valence-electron chi connectivity index (χ0n) is 9.82. The molecular weight excluding hydrogens is 238 g/mol. The molecule has 1 heterocycles. The lowest BCUT2D eigenvalue weighted by Gasteiger charge is -2.06. The summed E-state index contributed by atoms with van der Waals surface area (Å²) in [5.74, 6) is 0.635. The number of aromatic nitrogens is 3. The number of ether oxygens (including phenoxy) is 1. The minimum Gasteiger partial charge on any atom is -0.496 e. The largest absolute Gasteiger partial charge is 0.496 e. The van der Waals surface area contributed by atoms with Crippen LogP contribution in [0.1, 0.15) is 5.69 Å². The van der Waals surface area contributed by atoms with Crippen LogP contribution in [-0.4, -0.2) is 27.0 Å². The molecule has 8 nitrogen and oxygen atoms in total. The normalized spacial score (nSPS) is 10.3. The van der Waals surface area contributed by atoms with Crippen molar-refractivity contribution in [3.05, 3.63) is 34.0 Å². The average molecular weight is 249 g/mol. The maximum absolute atomic E-state index is 11.0. The third-order valence-electron chi connectivity index (χ3n) is 2.54. The molecule has 0 bridgehead atoms. The summed E-state index contributed by atoms with van der Waals surface area (Å²) in [6.45, 7) is 1.68. The van der Waals surface area contributed by atoms with Crippen molar-refractivity contribution in [2.45, 2.75) is 6.92 Å². The van der Waals surface area contributed by atoms with E-state index in [0.717, 1.165) is 0 Å². The third kappa shape index (κ3) is 1.83. The molecule has 0 amide bonds. The van der Waals surface area contributed by atoms with Crippen LogP contribution >= 0.6 is 0 Å². The van der Waals surface area contributed by atoms with Crippen molar-refractivity contribution in [2.24, 2.45) is 0 Å². The van der Waals surface area contributed by atoms with E-state index in [2.05, 4.69) is 10.3 Å². The molecule has 1 aromatic carbocycles. The molecule has 0 aliphatic rings. The topological polar surface area (TPSA) is 109 Å². The molecule has 0 unspecified atom stereocenters. The van der Waals surface area contributed by atoms with Crippen LogP contribution in [0.4, 0.5) is 11.5 Å². The van der Waals surface area contributed by atoms with Gasteiger partial charge in [-0.3, -0.25) is 10.1 Å². The van der Waals surface area contributed by atoms with Crippen LogP contribution in [-0.2, 0) is 0 Å². The van der Waals surface area contributed by atoms with Gasteiger partial charge in [0.15, 0.2) is 5.82 Å². The molecule has 0 radical (unpaired) electrons. The summed E-state index contributed by atoms with van der Waals surface area (Å²) in [6, 6.07) is 4.48. The summed E-state index contributed by atoms with van der Waals surface area (Å²) < 4.78 is 6.28. The summed E-state index contributed by atoms with van der Waals surface area (Å²) in [7, 11) is 1.44. The number of hydrogen-bond donors (Lipinski definition) is 1. The monoisotopic (exact) mass is 249 g/mol. The maximum Gasteiger partial charge on any atom is 0.298 e. The summed E-state index contributed by atoms with van der Waals surface area (Å²) in [5.41, 5.74) is 6.29. The van der Waals surface area contributed by atoms with E-state index in [9.17, 15) is 10.1 Å². The van der Waals surface area contributed by atoms with Crippen molar-refractivity contribution in [3.63, 3.8) is 0 Å². The van der Waals surface area contributed by atoms with Crippen molar-refractivity contribution < 1.29 is 9.66 Å². The van der Waals surface area contributed by atoms with Crippen molar-refractivity contribution in [2.75, 3.05) is 12.8 Å². The first-order chi connectivity index (χ1) is 8.54. The Morgan fingerprint density at radius 2 is 2.22 bits per heavy atom. The fourth-order valence-corrected chi connectivity index (χ4v) is 1.53. The van der Waals surface area contributed by atoms with E-state index < -0.39 is 4.92 Å². The predicted octanol–water partition coefficient (Wildman–Crippen LogP) is 1.07. The van der Waals surface area contributed by atoms with Crippen LogP contribution < -0.4 is 10.5 Å². The van der Waals surface area contributed by atoms with Gasteiger partial charge in [0.2, 0.25) is 0 Å². The highest BCUT2D eigenvalue weighted by molar-refractivity contribution is 5.57.